The minimum atomic E-state index is -0.383. The summed E-state index contributed by atoms with van der Waals surface area (Å²) in [6.07, 6.45) is 3.00. The number of carbonyl (C=O) groups excluding carboxylic acids is 1. The molecule has 0 bridgehead atoms. The van der Waals surface area contributed by atoms with Gasteiger partial charge in [0.15, 0.2) is 16.8 Å². The number of nitrogens with one attached hydrogen (secondary N) is 1. The van der Waals surface area contributed by atoms with Gasteiger partial charge in [-0.25, -0.2) is 19.6 Å². The summed E-state index contributed by atoms with van der Waals surface area (Å²) >= 11 is 7.72. The van der Waals surface area contributed by atoms with Gasteiger partial charge in [-0.15, -0.1) is 11.3 Å². The third-order valence-electron chi connectivity index (χ3n) is 7.78. The lowest BCUT2D eigenvalue weighted by Crippen LogP contribution is -2.46. The normalized spacial score (nSPS) is 16.2. The van der Waals surface area contributed by atoms with Crippen LogP contribution in [0.15, 0.2) is 40.6 Å². The SMILES string of the molecule is Cc1c(C(=O)NC2CCN(c3nc(-c4csc(N5CCOCC5)n4)cnc3N)CC2)c(=O)n(-c2cccc(Cl)c2)n1C. The molecule has 42 heavy (non-hydrogen) atoms. The van der Waals surface area contributed by atoms with Crippen molar-refractivity contribution in [1.82, 2.24) is 29.6 Å². The number of ether oxygens (including phenoxy) is 1. The van der Waals surface area contributed by atoms with Gasteiger partial charge < -0.3 is 25.6 Å². The molecule has 6 rings (SSSR count). The second-order valence-electron chi connectivity index (χ2n) is 10.4. The number of carbonyl (C=O) groups is 1. The zero-order chi connectivity index (χ0) is 29.4. The summed E-state index contributed by atoms with van der Waals surface area (Å²) in [5, 5.41) is 6.51. The lowest BCUT2D eigenvalue weighted by Gasteiger charge is -2.33. The van der Waals surface area contributed by atoms with Crippen LogP contribution in [0.2, 0.25) is 5.02 Å². The van der Waals surface area contributed by atoms with Gasteiger partial charge in [0, 0.05) is 49.7 Å². The first-order valence-corrected chi connectivity index (χ1v) is 15.1. The molecule has 2 fully saturated rings. The topological polar surface area (TPSA) is 136 Å². The zero-order valence-corrected chi connectivity index (χ0v) is 25.0. The number of nitrogens with two attached hydrogens (primary N) is 1. The number of halogens is 1. The van der Waals surface area contributed by atoms with E-state index in [1.54, 1.807) is 60.5 Å². The molecule has 0 saturated carbocycles. The number of rotatable bonds is 6. The Morgan fingerprint density at radius 3 is 2.62 bits per heavy atom. The van der Waals surface area contributed by atoms with Crippen LogP contribution in [-0.2, 0) is 11.8 Å². The van der Waals surface area contributed by atoms with E-state index in [9.17, 15) is 9.59 Å². The van der Waals surface area contributed by atoms with Gasteiger partial charge in [-0.2, -0.15) is 0 Å². The Labute approximate surface area is 251 Å². The summed E-state index contributed by atoms with van der Waals surface area (Å²) in [7, 11) is 1.75. The average molecular weight is 610 g/mol. The van der Waals surface area contributed by atoms with E-state index in [-0.39, 0.29) is 23.1 Å². The van der Waals surface area contributed by atoms with Crippen molar-refractivity contribution in [3.63, 3.8) is 0 Å². The summed E-state index contributed by atoms with van der Waals surface area (Å²) in [6, 6.07) is 6.89. The summed E-state index contributed by atoms with van der Waals surface area (Å²) in [5.74, 6) is 0.584. The van der Waals surface area contributed by atoms with Crippen LogP contribution >= 0.6 is 22.9 Å². The van der Waals surface area contributed by atoms with Gasteiger partial charge in [-0.3, -0.25) is 14.3 Å². The van der Waals surface area contributed by atoms with Gasteiger partial charge in [0.25, 0.3) is 11.5 Å². The van der Waals surface area contributed by atoms with Crippen LogP contribution in [0.1, 0.15) is 28.9 Å². The van der Waals surface area contributed by atoms with Gasteiger partial charge in [-0.1, -0.05) is 17.7 Å². The van der Waals surface area contributed by atoms with Gasteiger partial charge in [0.2, 0.25) is 0 Å². The molecule has 0 unspecified atom stereocenters. The fraction of sp³-hybridized carbons (Fsp3) is 0.393. The van der Waals surface area contributed by atoms with Crippen molar-refractivity contribution < 1.29 is 9.53 Å². The predicted octanol–water partition coefficient (Wildman–Crippen LogP) is 2.87. The Morgan fingerprint density at radius 2 is 1.88 bits per heavy atom. The van der Waals surface area contributed by atoms with Crippen LogP contribution in [-0.4, -0.2) is 75.7 Å². The van der Waals surface area contributed by atoms with Gasteiger partial charge >= 0.3 is 0 Å². The summed E-state index contributed by atoms with van der Waals surface area (Å²) in [4.78, 5) is 44.9. The van der Waals surface area contributed by atoms with Crippen molar-refractivity contribution in [3.8, 4) is 17.1 Å². The van der Waals surface area contributed by atoms with Crippen molar-refractivity contribution >= 4 is 45.6 Å². The zero-order valence-electron chi connectivity index (χ0n) is 23.4. The van der Waals surface area contributed by atoms with E-state index in [0.29, 0.717) is 72.9 Å². The molecule has 0 aliphatic carbocycles. The fourth-order valence-corrected chi connectivity index (χ4v) is 6.45. The Morgan fingerprint density at radius 1 is 1.12 bits per heavy atom. The van der Waals surface area contributed by atoms with Crippen LogP contribution in [0.25, 0.3) is 17.1 Å². The van der Waals surface area contributed by atoms with E-state index in [1.807, 2.05) is 5.38 Å². The molecular weight excluding hydrogens is 578 g/mol. The first-order valence-electron chi connectivity index (χ1n) is 13.8. The van der Waals surface area contributed by atoms with Crippen LogP contribution in [0, 0.1) is 6.92 Å². The molecule has 2 aliphatic heterocycles. The summed E-state index contributed by atoms with van der Waals surface area (Å²) in [5.41, 5.74) is 8.60. The lowest BCUT2D eigenvalue weighted by molar-refractivity contribution is 0.0929. The maximum Gasteiger partial charge on any atom is 0.284 e. The van der Waals surface area contributed by atoms with Crippen LogP contribution in [0.3, 0.4) is 0 Å². The smallest absolute Gasteiger partial charge is 0.284 e. The van der Waals surface area contributed by atoms with Crippen LogP contribution in [0.5, 0.6) is 0 Å². The molecule has 0 spiro atoms. The minimum Gasteiger partial charge on any atom is -0.381 e. The number of aromatic nitrogens is 5. The molecule has 5 heterocycles. The van der Waals surface area contributed by atoms with E-state index in [0.717, 1.165) is 23.9 Å². The highest BCUT2D eigenvalue weighted by Crippen LogP contribution is 2.30. The highest BCUT2D eigenvalue weighted by atomic mass is 35.5. The largest absolute Gasteiger partial charge is 0.381 e. The van der Waals surface area contributed by atoms with Crippen LogP contribution in [0.4, 0.5) is 16.8 Å². The van der Waals surface area contributed by atoms with Gasteiger partial charge in [0.05, 0.1) is 30.8 Å². The number of nitrogen functional groups attached to an aromatic ring is 1. The van der Waals surface area contributed by atoms with Crippen molar-refractivity contribution in [2.45, 2.75) is 25.8 Å². The molecular formula is C28H32ClN9O3S. The molecule has 3 N–H and O–H groups in total. The van der Waals surface area contributed by atoms with E-state index in [1.165, 1.54) is 4.68 Å². The summed E-state index contributed by atoms with van der Waals surface area (Å²) < 4.78 is 8.58. The number of nitrogens with zero attached hydrogens (tertiary/aromatic N) is 7. The number of morpholine rings is 1. The summed E-state index contributed by atoms with van der Waals surface area (Å²) in [6.45, 7) is 6.05. The number of thiazole rings is 1. The molecule has 2 aliphatic rings. The third kappa shape index (κ3) is 5.46. The number of hydrogen-bond acceptors (Lipinski definition) is 10. The molecule has 14 heteroatoms. The molecule has 12 nitrogen and oxygen atoms in total. The van der Waals surface area contributed by atoms with E-state index in [2.05, 4.69) is 20.1 Å². The third-order valence-corrected chi connectivity index (χ3v) is 8.92. The maximum atomic E-state index is 13.3. The van der Waals surface area contributed by atoms with Crippen molar-refractivity contribution in [1.29, 1.82) is 0 Å². The van der Waals surface area contributed by atoms with Gasteiger partial charge in [0.1, 0.15) is 17.0 Å². The Kier molecular flexibility index (Phi) is 7.88. The first-order chi connectivity index (χ1) is 20.3. The first kappa shape index (κ1) is 28.2. The number of amides is 1. The van der Waals surface area contributed by atoms with Crippen molar-refractivity contribution in [2.24, 2.45) is 7.05 Å². The van der Waals surface area contributed by atoms with Crippen LogP contribution < -0.4 is 26.4 Å². The number of piperidine rings is 1. The van der Waals surface area contributed by atoms with E-state index >= 15 is 0 Å². The number of hydrogen-bond donors (Lipinski definition) is 2. The Hall–Kier alpha value is -3.94. The fourth-order valence-electron chi connectivity index (χ4n) is 5.39. The monoisotopic (exact) mass is 609 g/mol. The highest BCUT2D eigenvalue weighted by Gasteiger charge is 2.28. The van der Waals surface area contributed by atoms with E-state index < -0.39 is 0 Å². The Balaban J connectivity index is 1.13. The highest BCUT2D eigenvalue weighted by molar-refractivity contribution is 7.14. The molecule has 3 aromatic heterocycles. The average Bonchev–Trinajstić information content (AvgIpc) is 3.57. The van der Waals surface area contributed by atoms with Crippen molar-refractivity contribution in [3.05, 3.63) is 62.5 Å². The second kappa shape index (κ2) is 11.7. The molecule has 220 valence electrons. The van der Waals surface area contributed by atoms with E-state index in [4.69, 9.17) is 32.0 Å². The quantitative estimate of drug-likeness (QED) is 0.338. The van der Waals surface area contributed by atoms with Crippen molar-refractivity contribution in [2.75, 3.05) is 54.9 Å². The number of benzene rings is 1. The Bertz CT molecular complexity index is 1670. The molecule has 4 aromatic rings. The molecule has 0 atom stereocenters. The molecule has 1 amide bonds. The minimum absolute atomic E-state index is 0.0978. The standard InChI is InChI=1S/C28H32ClN9O3S/c1-17-23(27(40)38(35(17)2)20-5-3-4-18(29)14-20)26(39)32-19-6-8-36(9-7-19)25-24(30)31-15-21(33-25)22-16-42-28(34-22)37-10-12-41-13-11-37/h3-5,14-16,19H,6-13H2,1-2H3,(H2,30,31)(H,32,39). The number of anilines is 3. The molecule has 2 saturated heterocycles. The lowest BCUT2D eigenvalue weighted by atomic mass is 10.0. The second-order valence-corrected chi connectivity index (χ2v) is 11.7. The molecule has 0 radical (unpaired) electrons. The predicted molar refractivity (Wildman–Crippen MR) is 164 cm³/mol. The maximum absolute atomic E-state index is 13.3. The van der Waals surface area contributed by atoms with Gasteiger partial charge in [-0.05, 0) is 38.0 Å². The molecule has 1 aromatic carbocycles.